The van der Waals surface area contributed by atoms with Gasteiger partial charge in [0.2, 0.25) is 0 Å². The number of aryl methyl sites for hydroxylation is 1. The van der Waals surface area contributed by atoms with E-state index in [1.165, 1.54) is 0 Å². The Bertz CT molecular complexity index is 452. The topological polar surface area (TPSA) is 64.7 Å². The standard InChI is InChI=1S/C11H14N4S/c1-2-4-8-9(7-12)16-11(15-8)10-13-5-3-6-14-10/h3,5-6H,2,4,7,12H2,1H3. The lowest BCUT2D eigenvalue weighted by Gasteiger charge is -1.94. The third-order valence-electron chi connectivity index (χ3n) is 2.21. The highest BCUT2D eigenvalue weighted by Gasteiger charge is 2.12. The summed E-state index contributed by atoms with van der Waals surface area (Å²) in [6.45, 7) is 2.68. The van der Waals surface area contributed by atoms with Crippen molar-refractivity contribution in [1.82, 2.24) is 15.0 Å². The number of hydrogen-bond acceptors (Lipinski definition) is 5. The second-order valence-corrected chi connectivity index (χ2v) is 4.50. The molecule has 0 aliphatic rings. The summed E-state index contributed by atoms with van der Waals surface area (Å²) in [6, 6.07) is 1.80. The monoisotopic (exact) mass is 234 g/mol. The van der Waals surface area contributed by atoms with Gasteiger partial charge in [-0.05, 0) is 12.5 Å². The van der Waals surface area contributed by atoms with Gasteiger partial charge in [-0.1, -0.05) is 13.3 Å². The van der Waals surface area contributed by atoms with E-state index < -0.39 is 0 Å². The van der Waals surface area contributed by atoms with Crippen molar-refractivity contribution in [1.29, 1.82) is 0 Å². The van der Waals surface area contributed by atoms with Gasteiger partial charge in [-0.25, -0.2) is 15.0 Å². The number of nitrogens with two attached hydrogens (primary N) is 1. The minimum Gasteiger partial charge on any atom is -0.326 e. The SMILES string of the molecule is CCCc1nc(-c2ncccn2)sc1CN. The van der Waals surface area contributed by atoms with Crippen LogP contribution in [-0.4, -0.2) is 15.0 Å². The van der Waals surface area contributed by atoms with Crippen LogP contribution in [0.4, 0.5) is 0 Å². The van der Waals surface area contributed by atoms with Crippen molar-refractivity contribution in [3.63, 3.8) is 0 Å². The molecular weight excluding hydrogens is 220 g/mol. The predicted molar refractivity (Wildman–Crippen MR) is 65.0 cm³/mol. The second kappa shape index (κ2) is 5.14. The first kappa shape index (κ1) is 11.2. The average molecular weight is 234 g/mol. The Morgan fingerprint density at radius 2 is 2.06 bits per heavy atom. The summed E-state index contributed by atoms with van der Waals surface area (Å²) < 4.78 is 0. The maximum Gasteiger partial charge on any atom is 0.188 e. The minimum absolute atomic E-state index is 0.542. The first-order valence-corrected chi connectivity index (χ1v) is 6.12. The van der Waals surface area contributed by atoms with E-state index in [2.05, 4.69) is 21.9 Å². The Kier molecular flexibility index (Phi) is 3.58. The zero-order valence-corrected chi connectivity index (χ0v) is 10.00. The van der Waals surface area contributed by atoms with Crippen LogP contribution in [0.1, 0.15) is 23.9 Å². The van der Waals surface area contributed by atoms with Crippen LogP contribution in [0.3, 0.4) is 0 Å². The van der Waals surface area contributed by atoms with Crippen molar-refractivity contribution in [2.75, 3.05) is 0 Å². The first-order valence-electron chi connectivity index (χ1n) is 5.31. The molecule has 2 heterocycles. The van der Waals surface area contributed by atoms with Crippen LogP contribution in [0, 0.1) is 0 Å². The molecule has 2 aromatic heterocycles. The molecule has 0 spiro atoms. The molecule has 0 amide bonds. The van der Waals surface area contributed by atoms with Crippen LogP contribution in [-0.2, 0) is 13.0 Å². The van der Waals surface area contributed by atoms with Gasteiger partial charge in [-0.3, -0.25) is 0 Å². The fourth-order valence-corrected chi connectivity index (χ4v) is 2.41. The molecule has 0 aliphatic carbocycles. The maximum absolute atomic E-state index is 5.70. The van der Waals surface area contributed by atoms with E-state index in [1.54, 1.807) is 29.8 Å². The lowest BCUT2D eigenvalue weighted by Crippen LogP contribution is -1.97. The van der Waals surface area contributed by atoms with E-state index in [1.807, 2.05) is 0 Å². The Morgan fingerprint density at radius 3 is 2.69 bits per heavy atom. The summed E-state index contributed by atoms with van der Waals surface area (Å²) in [6.07, 6.45) is 5.50. The Labute approximate surface area is 98.6 Å². The molecule has 2 aromatic rings. The van der Waals surface area contributed by atoms with Crippen LogP contribution in [0.5, 0.6) is 0 Å². The van der Waals surface area contributed by atoms with Gasteiger partial charge in [-0.2, -0.15) is 0 Å². The molecule has 0 atom stereocenters. The molecule has 0 radical (unpaired) electrons. The highest BCUT2D eigenvalue weighted by Crippen LogP contribution is 2.25. The fraction of sp³-hybridized carbons (Fsp3) is 0.364. The van der Waals surface area contributed by atoms with Gasteiger partial charge >= 0.3 is 0 Å². The normalized spacial score (nSPS) is 10.6. The summed E-state index contributed by atoms with van der Waals surface area (Å²) in [4.78, 5) is 14.1. The van der Waals surface area contributed by atoms with Gasteiger partial charge in [0, 0.05) is 23.8 Å². The summed E-state index contributed by atoms with van der Waals surface area (Å²) in [5.74, 6) is 0.685. The molecular formula is C11H14N4S. The van der Waals surface area contributed by atoms with Gasteiger partial charge in [0.25, 0.3) is 0 Å². The summed E-state index contributed by atoms with van der Waals surface area (Å²) in [5, 5.41) is 0.865. The number of hydrogen-bond donors (Lipinski definition) is 1. The molecule has 0 unspecified atom stereocenters. The van der Waals surface area contributed by atoms with Gasteiger partial charge in [-0.15, -0.1) is 11.3 Å². The lowest BCUT2D eigenvalue weighted by molar-refractivity contribution is 0.870. The third-order valence-corrected chi connectivity index (χ3v) is 3.32. The minimum atomic E-state index is 0.542. The fourth-order valence-electron chi connectivity index (χ4n) is 1.48. The molecule has 2 rings (SSSR count). The van der Waals surface area contributed by atoms with E-state index in [0.717, 1.165) is 28.4 Å². The van der Waals surface area contributed by atoms with Crippen molar-refractivity contribution in [3.8, 4) is 10.8 Å². The lowest BCUT2D eigenvalue weighted by atomic mass is 10.2. The molecule has 0 bridgehead atoms. The smallest absolute Gasteiger partial charge is 0.188 e. The molecule has 0 aromatic carbocycles. The zero-order valence-electron chi connectivity index (χ0n) is 9.18. The highest BCUT2D eigenvalue weighted by atomic mass is 32.1. The van der Waals surface area contributed by atoms with Gasteiger partial charge in [0.15, 0.2) is 10.8 Å². The number of rotatable bonds is 4. The van der Waals surface area contributed by atoms with Crippen LogP contribution >= 0.6 is 11.3 Å². The third kappa shape index (κ3) is 2.25. The predicted octanol–water partition coefficient (Wildman–Crippen LogP) is 2.01. The van der Waals surface area contributed by atoms with Gasteiger partial charge < -0.3 is 5.73 Å². The Balaban J connectivity index is 2.36. The van der Waals surface area contributed by atoms with E-state index >= 15 is 0 Å². The van der Waals surface area contributed by atoms with Crippen LogP contribution in [0.25, 0.3) is 10.8 Å². The second-order valence-electron chi connectivity index (χ2n) is 3.42. The number of aromatic nitrogens is 3. The molecule has 0 saturated heterocycles. The van der Waals surface area contributed by atoms with E-state index in [9.17, 15) is 0 Å². The van der Waals surface area contributed by atoms with E-state index in [0.29, 0.717) is 12.4 Å². The van der Waals surface area contributed by atoms with Crippen molar-refractivity contribution in [2.45, 2.75) is 26.3 Å². The molecule has 2 N–H and O–H groups in total. The van der Waals surface area contributed by atoms with Crippen LogP contribution in [0.15, 0.2) is 18.5 Å². The van der Waals surface area contributed by atoms with Crippen molar-refractivity contribution < 1.29 is 0 Å². The molecule has 84 valence electrons. The number of thiazole rings is 1. The molecule has 0 fully saturated rings. The molecule has 0 saturated carbocycles. The van der Waals surface area contributed by atoms with E-state index in [-0.39, 0.29) is 0 Å². The summed E-state index contributed by atoms with van der Waals surface area (Å²) >= 11 is 1.59. The van der Waals surface area contributed by atoms with Crippen molar-refractivity contribution in [2.24, 2.45) is 5.73 Å². The molecule has 4 nitrogen and oxygen atoms in total. The van der Waals surface area contributed by atoms with E-state index in [4.69, 9.17) is 5.73 Å². The Hall–Kier alpha value is -1.33. The number of nitrogens with zero attached hydrogens (tertiary/aromatic N) is 3. The molecule has 5 heteroatoms. The summed E-state index contributed by atoms with van der Waals surface area (Å²) in [7, 11) is 0. The van der Waals surface area contributed by atoms with Crippen molar-refractivity contribution in [3.05, 3.63) is 29.0 Å². The average Bonchev–Trinajstić information content (AvgIpc) is 2.74. The first-order chi connectivity index (χ1) is 7.85. The molecule has 16 heavy (non-hydrogen) atoms. The van der Waals surface area contributed by atoms with Gasteiger partial charge in [0.1, 0.15) is 0 Å². The van der Waals surface area contributed by atoms with Crippen LogP contribution < -0.4 is 5.73 Å². The zero-order chi connectivity index (χ0) is 11.4. The quantitative estimate of drug-likeness (QED) is 0.879. The van der Waals surface area contributed by atoms with Crippen molar-refractivity contribution >= 4 is 11.3 Å². The van der Waals surface area contributed by atoms with Gasteiger partial charge in [0.05, 0.1) is 5.69 Å². The van der Waals surface area contributed by atoms with Crippen LogP contribution in [0.2, 0.25) is 0 Å². The largest absolute Gasteiger partial charge is 0.326 e. The maximum atomic E-state index is 5.70. The highest BCUT2D eigenvalue weighted by molar-refractivity contribution is 7.15. The molecule has 0 aliphatic heterocycles. The summed E-state index contributed by atoms with van der Waals surface area (Å²) in [5.41, 5.74) is 6.80. The Morgan fingerprint density at radius 1 is 1.31 bits per heavy atom.